The third-order valence-electron chi connectivity index (χ3n) is 4.67. The Morgan fingerprint density at radius 3 is 1.94 bits per heavy atom. The largest absolute Gasteiger partial charge is 0.497 e. The zero-order valence-corrected chi connectivity index (χ0v) is 24.6. The number of halogens is 3. The first-order valence-corrected chi connectivity index (χ1v) is 12.3. The summed E-state index contributed by atoms with van der Waals surface area (Å²) in [5.74, 6) is -1.81. The van der Waals surface area contributed by atoms with E-state index in [2.05, 4.69) is 63.5 Å². The maximum absolute atomic E-state index is 12.0. The van der Waals surface area contributed by atoms with Crippen molar-refractivity contribution >= 4 is 33.6 Å². The Morgan fingerprint density at radius 2 is 1.66 bits per heavy atom. The van der Waals surface area contributed by atoms with E-state index in [4.69, 9.17) is 4.74 Å². The highest BCUT2D eigenvalue weighted by molar-refractivity contribution is 9.11. The van der Waals surface area contributed by atoms with Gasteiger partial charge in [0.05, 0.1) is 24.2 Å². The number of allylic oxidation sites excluding steroid dienone is 4. The summed E-state index contributed by atoms with van der Waals surface area (Å²) < 4.78 is 30.0. The first-order chi connectivity index (χ1) is 16.3. The second-order valence-corrected chi connectivity index (χ2v) is 8.90. The molecular formula is C28H42BrF2N3O. The number of aliphatic imine (C=N–C) groups is 3. The standard InChI is InChI=1S/C14H21BrN2.C9H12O.C5H9F2N/c1-7-13(8-2)16-9-11(5)17-14(10(3)4)12(6)15;1-3-8-4-6-9(10-2)7-5-8;1-4(8-3)5(2,6)7/h7,9H,3,8H2,1-2,4-6H3;4-7H,3H2,1-2H3;1-3H3/b13-7-,14-12+,16-9?,17-11?;;. The Balaban J connectivity index is 0. The molecule has 0 fully saturated rings. The van der Waals surface area contributed by atoms with E-state index in [1.165, 1.54) is 19.5 Å². The number of ether oxygens (including phenoxy) is 1. The zero-order valence-electron chi connectivity index (χ0n) is 23.0. The van der Waals surface area contributed by atoms with Crippen molar-refractivity contribution in [2.75, 3.05) is 14.2 Å². The molecule has 0 N–H and O–H groups in total. The average molecular weight is 555 g/mol. The molecule has 0 saturated heterocycles. The minimum absolute atomic E-state index is 0.127. The van der Waals surface area contributed by atoms with E-state index >= 15 is 0 Å². The molecular weight excluding hydrogens is 512 g/mol. The summed E-state index contributed by atoms with van der Waals surface area (Å²) >= 11 is 3.43. The number of nitrogens with zero attached hydrogens (tertiary/aromatic N) is 3. The van der Waals surface area contributed by atoms with Crippen molar-refractivity contribution in [1.29, 1.82) is 0 Å². The van der Waals surface area contributed by atoms with Gasteiger partial charge in [-0.2, -0.15) is 0 Å². The number of methoxy groups -OCH3 is 1. The van der Waals surface area contributed by atoms with E-state index in [1.807, 2.05) is 45.9 Å². The lowest BCUT2D eigenvalue weighted by atomic mass is 10.2. The number of aryl methyl sites for hydroxylation is 1. The summed E-state index contributed by atoms with van der Waals surface area (Å²) in [6.45, 7) is 18.1. The molecule has 0 heterocycles. The summed E-state index contributed by atoms with van der Waals surface area (Å²) in [6, 6.07) is 8.13. The lowest BCUT2D eigenvalue weighted by Gasteiger charge is -2.06. The van der Waals surface area contributed by atoms with Gasteiger partial charge in [-0.1, -0.05) is 54.6 Å². The molecule has 0 atom stereocenters. The van der Waals surface area contributed by atoms with Crippen molar-refractivity contribution in [1.82, 2.24) is 0 Å². The Kier molecular flexibility index (Phi) is 18.7. The van der Waals surface area contributed by atoms with Gasteiger partial charge in [0.15, 0.2) is 0 Å². The van der Waals surface area contributed by atoms with Crippen molar-refractivity contribution < 1.29 is 13.5 Å². The fraction of sp³-hybridized carbons (Fsp3) is 0.464. The van der Waals surface area contributed by atoms with Crippen LogP contribution in [0.1, 0.15) is 67.4 Å². The number of hydrogen-bond donors (Lipinski definition) is 0. The first-order valence-electron chi connectivity index (χ1n) is 11.5. The van der Waals surface area contributed by atoms with Crippen LogP contribution in [-0.4, -0.2) is 37.7 Å². The van der Waals surface area contributed by atoms with E-state index < -0.39 is 5.92 Å². The van der Waals surface area contributed by atoms with Crippen molar-refractivity contribution in [2.45, 2.75) is 74.2 Å². The molecule has 0 bridgehead atoms. The Morgan fingerprint density at radius 1 is 1.11 bits per heavy atom. The quantitative estimate of drug-likeness (QED) is 0.234. The van der Waals surface area contributed by atoms with Gasteiger partial charge in [-0.3, -0.25) is 15.0 Å². The molecule has 1 rings (SSSR count). The van der Waals surface area contributed by atoms with Crippen LogP contribution in [0.2, 0.25) is 0 Å². The van der Waals surface area contributed by atoms with Crippen LogP contribution >= 0.6 is 15.9 Å². The average Bonchev–Trinajstić information content (AvgIpc) is 2.82. The van der Waals surface area contributed by atoms with Crippen LogP contribution in [0, 0.1) is 0 Å². The summed E-state index contributed by atoms with van der Waals surface area (Å²) in [5, 5.41) is 0. The third-order valence-corrected chi connectivity index (χ3v) is 5.04. The summed E-state index contributed by atoms with van der Waals surface area (Å²) in [6.07, 6.45) is 5.82. The molecule has 0 aliphatic heterocycles. The first kappa shape index (κ1) is 34.8. The van der Waals surface area contributed by atoms with Crippen LogP contribution < -0.4 is 4.74 Å². The molecule has 0 aliphatic rings. The number of hydrogen-bond acceptors (Lipinski definition) is 4. The van der Waals surface area contributed by atoms with Crippen LogP contribution in [0.3, 0.4) is 0 Å². The van der Waals surface area contributed by atoms with E-state index in [-0.39, 0.29) is 5.71 Å². The second-order valence-electron chi connectivity index (χ2n) is 7.71. The lowest BCUT2D eigenvalue weighted by molar-refractivity contribution is 0.0997. The molecule has 196 valence electrons. The van der Waals surface area contributed by atoms with Gasteiger partial charge in [0.1, 0.15) is 5.75 Å². The number of alkyl halides is 2. The minimum Gasteiger partial charge on any atom is -0.497 e. The van der Waals surface area contributed by atoms with Gasteiger partial charge in [0.2, 0.25) is 0 Å². The van der Waals surface area contributed by atoms with Gasteiger partial charge < -0.3 is 4.74 Å². The van der Waals surface area contributed by atoms with Crippen LogP contribution in [0.4, 0.5) is 8.78 Å². The highest BCUT2D eigenvalue weighted by Crippen LogP contribution is 2.19. The lowest BCUT2D eigenvalue weighted by Crippen LogP contribution is -2.20. The second kappa shape index (κ2) is 18.9. The summed E-state index contributed by atoms with van der Waals surface area (Å²) in [5.41, 5.74) is 4.98. The molecule has 4 nitrogen and oxygen atoms in total. The van der Waals surface area contributed by atoms with Crippen molar-refractivity contribution in [3.05, 3.63) is 63.9 Å². The van der Waals surface area contributed by atoms with Crippen LogP contribution in [0.15, 0.2) is 73.3 Å². The summed E-state index contributed by atoms with van der Waals surface area (Å²) in [4.78, 5) is 12.2. The maximum Gasteiger partial charge on any atom is 0.282 e. The van der Waals surface area contributed by atoms with Crippen LogP contribution in [-0.2, 0) is 6.42 Å². The molecule has 35 heavy (non-hydrogen) atoms. The fourth-order valence-corrected chi connectivity index (χ4v) is 2.70. The van der Waals surface area contributed by atoms with Crippen molar-refractivity contribution in [3.8, 4) is 5.75 Å². The molecule has 0 aromatic heterocycles. The number of benzene rings is 1. The normalized spacial score (nSPS) is 13.3. The fourth-order valence-electron chi connectivity index (χ4n) is 2.28. The molecule has 0 radical (unpaired) electrons. The molecule has 0 unspecified atom stereocenters. The Labute approximate surface area is 219 Å². The third kappa shape index (κ3) is 16.8. The molecule has 7 heteroatoms. The van der Waals surface area contributed by atoms with Crippen molar-refractivity contribution in [3.63, 3.8) is 0 Å². The molecule has 1 aromatic rings. The molecule has 1 aromatic carbocycles. The van der Waals surface area contributed by atoms with Gasteiger partial charge in [-0.05, 0) is 70.7 Å². The predicted octanol–water partition coefficient (Wildman–Crippen LogP) is 9.02. The van der Waals surface area contributed by atoms with Gasteiger partial charge in [0, 0.05) is 30.4 Å². The molecule has 0 amide bonds. The molecule has 0 saturated carbocycles. The summed E-state index contributed by atoms with van der Waals surface area (Å²) in [7, 11) is 3.04. The van der Waals surface area contributed by atoms with Crippen LogP contribution in [0.5, 0.6) is 5.75 Å². The van der Waals surface area contributed by atoms with Crippen molar-refractivity contribution in [2.24, 2.45) is 15.0 Å². The van der Waals surface area contributed by atoms with E-state index in [0.717, 1.165) is 52.7 Å². The smallest absolute Gasteiger partial charge is 0.282 e. The zero-order chi connectivity index (χ0) is 27.6. The molecule has 0 spiro atoms. The van der Waals surface area contributed by atoms with Gasteiger partial charge in [0.25, 0.3) is 5.92 Å². The highest BCUT2D eigenvalue weighted by atomic mass is 79.9. The topological polar surface area (TPSA) is 46.3 Å². The Bertz CT molecular complexity index is 896. The van der Waals surface area contributed by atoms with Gasteiger partial charge in [-0.15, -0.1) is 0 Å². The van der Waals surface area contributed by atoms with Gasteiger partial charge in [-0.25, -0.2) is 8.78 Å². The maximum atomic E-state index is 12.0. The van der Waals surface area contributed by atoms with E-state index in [9.17, 15) is 8.78 Å². The molecule has 0 aliphatic carbocycles. The van der Waals surface area contributed by atoms with Crippen LogP contribution in [0.25, 0.3) is 0 Å². The predicted molar refractivity (Wildman–Crippen MR) is 154 cm³/mol. The monoisotopic (exact) mass is 553 g/mol. The van der Waals surface area contributed by atoms with E-state index in [1.54, 1.807) is 13.3 Å². The Hall–Kier alpha value is -2.41. The van der Waals surface area contributed by atoms with E-state index in [0.29, 0.717) is 0 Å². The van der Waals surface area contributed by atoms with Gasteiger partial charge >= 0.3 is 0 Å². The minimum atomic E-state index is -2.74. The number of rotatable bonds is 8. The SMILES string of the molecule is C=C(C)/C(N=C(C)C=N/C(=C\C)CC)=C(/C)Br.CCc1ccc(OC)cc1.CN=C(C)C(C)(F)F. The highest BCUT2D eigenvalue weighted by Gasteiger charge is 2.24.